The normalized spacial score (nSPS) is 14.8. The van der Waals surface area contributed by atoms with Crippen molar-refractivity contribution in [3.8, 4) is 0 Å². The molecule has 2 rings (SSSR count). The maximum absolute atomic E-state index is 11.5. The predicted molar refractivity (Wildman–Crippen MR) is 70.1 cm³/mol. The number of nitrogens with one attached hydrogen (secondary N) is 1. The number of amides is 1. The summed E-state index contributed by atoms with van der Waals surface area (Å²) in [7, 11) is 0. The van der Waals surface area contributed by atoms with E-state index in [1.165, 1.54) is 0 Å². The predicted octanol–water partition coefficient (Wildman–Crippen LogP) is 0.944. The highest BCUT2D eigenvalue weighted by Gasteiger charge is 2.22. The Kier molecular flexibility index (Phi) is 3.69. The molecule has 0 spiro atoms. The first-order valence-corrected chi connectivity index (χ1v) is 6.34. The first-order valence-electron chi connectivity index (χ1n) is 6.34. The van der Waals surface area contributed by atoms with E-state index in [4.69, 9.17) is 10.8 Å². The van der Waals surface area contributed by atoms with Gasteiger partial charge in [-0.1, -0.05) is 6.92 Å². The van der Waals surface area contributed by atoms with Gasteiger partial charge in [0.05, 0.1) is 5.56 Å². The topological polar surface area (TPSA) is 105 Å². The Morgan fingerprint density at radius 1 is 1.53 bits per heavy atom. The number of nitrogens with two attached hydrogens (primary N) is 1. The largest absolute Gasteiger partial charge is 0.480 e. The fourth-order valence-electron chi connectivity index (χ4n) is 2.27. The van der Waals surface area contributed by atoms with Gasteiger partial charge in [-0.2, -0.15) is 0 Å². The number of aryl methyl sites for hydroxylation is 2. The van der Waals surface area contributed by atoms with Crippen LogP contribution in [0.1, 0.15) is 41.4 Å². The number of carbonyl (C=O) groups is 2. The van der Waals surface area contributed by atoms with Crippen LogP contribution in [0.25, 0.3) is 0 Å². The van der Waals surface area contributed by atoms with Crippen LogP contribution in [0.3, 0.4) is 0 Å². The molecule has 19 heavy (non-hydrogen) atoms. The van der Waals surface area contributed by atoms with Crippen molar-refractivity contribution in [3.63, 3.8) is 0 Å². The summed E-state index contributed by atoms with van der Waals surface area (Å²) in [5.41, 5.74) is 7.55. The highest BCUT2D eigenvalue weighted by Crippen LogP contribution is 2.25. The Morgan fingerprint density at radius 2 is 2.26 bits per heavy atom. The van der Waals surface area contributed by atoms with E-state index in [9.17, 15) is 9.59 Å². The summed E-state index contributed by atoms with van der Waals surface area (Å²) in [5, 5.41) is 11.8. The van der Waals surface area contributed by atoms with Crippen LogP contribution in [0, 0.1) is 0 Å². The van der Waals surface area contributed by atoms with Crippen LogP contribution in [-0.4, -0.2) is 28.0 Å². The van der Waals surface area contributed by atoms with Gasteiger partial charge in [0, 0.05) is 5.69 Å². The van der Waals surface area contributed by atoms with E-state index in [0.29, 0.717) is 6.42 Å². The van der Waals surface area contributed by atoms with E-state index in [-0.39, 0.29) is 11.4 Å². The molecule has 0 bridgehead atoms. The van der Waals surface area contributed by atoms with Gasteiger partial charge in [0.25, 0.3) is 5.91 Å². The van der Waals surface area contributed by atoms with Gasteiger partial charge in [-0.15, -0.1) is 0 Å². The lowest BCUT2D eigenvalue weighted by Crippen LogP contribution is -2.30. The lowest BCUT2D eigenvalue weighted by molar-refractivity contribution is -0.137. The summed E-state index contributed by atoms with van der Waals surface area (Å²) < 4.78 is 0. The molecule has 6 nitrogen and oxygen atoms in total. The molecule has 0 aromatic carbocycles. The van der Waals surface area contributed by atoms with Crippen LogP contribution in [-0.2, 0) is 17.6 Å². The van der Waals surface area contributed by atoms with Gasteiger partial charge in [-0.3, -0.25) is 4.79 Å². The third kappa shape index (κ3) is 2.67. The maximum Gasteiger partial charge on any atom is 0.326 e. The molecule has 0 saturated heterocycles. The zero-order valence-electron chi connectivity index (χ0n) is 10.8. The summed E-state index contributed by atoms with van der Waals surface area (Å²) in [4.78, 5) is 26.9. The van der Waals surface area contributed by atoms with Gasteiger partial charge in [0.2, 0.25) is 0 Å². The number of aliphatic carboxylic acids is 1. The first kappa shape index (κ1) is 13.3. The summed E-state index contributed by atoms with van der Waals surface area (Å²) in [5.74, 6) is -1.28. The van der Waals surface area contributed by atoms with Gasteiger partial charge in [0.1, 0.15) is 11.9 Å². The number of carboxylic acid groups (broad SMARTS) is 1. The Bertz CT molecular complexity index is 528. The van der Waals surface area contributed by atoms with Crippen molar-refractivity contribution in [3.05, 3.63) is 22.9 Å². The van der Waals surface area contributed by atoms with Crippen LogP contribution in [0.15, 0.2) is 6.07 Å². The minimum atomic E-state index is -0.972. The fraction of sp³-hybridized carbons (Fsp3) is 0.462. The molecule has 1 unspecified atom stereocenters. The molecule has 102 valence electrons. The molecule has 0 radical (unpaired) electrons. The van der Waals surface area contributed by atoms with E-state index in [1.54, 1.807) is 13.0 Å². The zero-order valence-corrected chi connectivity index (χ0v) is 10.8. The monoisotopic (exact) mass is 263 g/mol. The van der Waals surface area contributed by atoms with Crippen molar-refractivity contribution in [2.75, 3.05) is 5.32 Å². The van der Waals surface area contributed by atoms with Gasteiger partial charge in [0.15, 0.2) is 0 Å². The lowest BCUT2D eigenvalue weighted by Gasteiger charge is -2.16. The van der Waals surface area contributed by atoms with Crippen molar-refractivity contribution in [1.82, 2.24) is 4.98 Å². The average molecular weight is 263 g/mol. The van der Waals surface area contributed by atoms with Crippen molar-refractivity contribution < 1.29 is 14.7 Å². The van der Waals surface area contributed by atoms with Crippen LogP contribution >= 0.6 is 0 Å². The quantitative estimate of drug-likeness (QED) is 0.733. The van der Waals surface area contributed by atoms with E-state index >= 15 is 0 Å². The Labute approximate surface area is 111 Å². The summed E-state index contributed by atoms with van der Waals surface area (Å²) in [6, 6.07) is 0.958. The van der Waals surface area contributed by atoms with E-state index in [1.807, 2.05) is 0 Å². The molecule has 0 aliphatic heterocycles. The van der Waals surface area contributed by atoms with Crippen molar-refractivity contribution in [1.29, 1.82) is 0 Å². The number of rotatable bonds is 5. The molecule has 1 atom stereocenters. The number of primary amides is 1. The van der Waals surface area contributed by atoms with Crippen molar-refractivity contribution in [2.24, 2.45) is 5.73 Å². The molecule has 1 heterocycles. The highest BCUT2D eigenvalue weighted by molar-refractivity contribution is 5.98. The molecular weight excluding hydrogens is 246 g/mol. The second-order valence-corrected chi connectivity index (χ2v) is 4.65. The molecule has 0 saturated carbocycles. The summed E-state index contributed by atoms with van der Waals surface area (Å²) >= 11 is 0. The highest BCUT2D eigenvalue weighted by atomic mass is 16.4. The molecule has 1 aliphatic carbocycles. The third-order valence-electron chi connectivity index (χ3n) is 3.33. The van der Waals surface area contributed by atoms with Gasteiger partial charge in [-0.05, 0) is 37.3 Å². The minimum absolute atomic E-state index is 0.264. The number of aromatic nitrogens is 1. The Hall–Kier alpha value is -2.11. The number of nitrogens with zero attached hydrogens (tertiary/aromatic N) is 1. The van der Waals surface area contributed by atoms with Crippen molar-refractivity contribution >= 4 is 17.7 Å². The van der Waals surface area contributed by atoms with Gasteiger partial charge < -0.3 is 16.2 Å². The number of fused-ring (bicyclic) bond motifs is 1. The molecule has 1 aromatic heterocycles. The zero-order chi connectivity index (χ0) is 14.0. The Morgan fingerprint density at radius 3 is 2.84 bits per heavy atom. The average Bonchev–Trinajstić information content (AvgIpc) is 2.81. The number of carbonyl (C=O) groups excluding carboxylic acids is 1. The fourth-order valence-corrected chi connectivity index (χ4v) is 2.27. The second kappa shape index (κ2) is 5.26. The molecule has 0 fully saturated rings. The lowest BCUT2D eigenvalue weighted by atomic mass is 10.1. The molecule has 1 amide bonds. The number of pyridine rings is 1. The van der Waals surface area contributed by atoms with Gasteiger partial charge in [-0.25, -0.2) is 9.78 Å². The smallest absolute Gasteiger partial charge is 0.326 e. The van der Waals surface area contributed by atoms with E-state index in [2.05, 4.69) is 10.3 Å². The maximum atomic E-state index is 11.5. The van der Waals surface area contributed by atoms with Gasteiger partial charge >= 0.3 is 5.97 Å². The van der Waals surface area contributed by atoms with Crippen LogP contribution < -0.4 is 11.1 Å². The van der Waals surface area contributed by atoms with Crippen molar-refractivity contribution in [2.45, 2.75) is 38.6 Å². The van der Waals surface area contributed by atoms with Crippen LogP contribution in [0.5, 0.6) is 0 Å². The second-order valence-electron chi connectivity index (χ2n) is 4.65. The summed E-state index contributed by atoms with van der Waals surface area (Å²) in [6.45, 7) is 1.75. The first-order chi connectivity index (χ1) is 9.02. The minimum Gasteiger partial charge on any atom is -0.480 e. The standard InChI is InChI=1S/C13H17N3O3/c1-2-9(13(18)19)15-12-8(11(14)17)6-7-4-3-5-10(7)16-12/h6,9H,2-5H2,1H3,(H2,14,17)(H,15,16)(H,18,19). The number of anilines is 1. The summed E-state index contributed by atoms with van der Waals surface area (Å²) in [6.07, 6.45) is 3.14. The Balaban J connectivity index is 2.38. The molecule has 6 heteroatoms. The molecule has 4 N–H and O–H groups in total. The molecule has 1 aliphatic rings. The third-order valence-corrected chi connectivity index (χ3v) is 3.33. The molecular formula is C13H17N3O3. The van der Waals surface area contributed by atoms with E-state index < -0.39 is 17.9 Å². The van der Waals surface area contributed by atoms with Crippen LogP contribution in [0.4, 0.5) is 5.82 Å². The SMILES string of the molecule is CCC(Nc1nc2c(cc1C(N)=O)CCC2)C(=O)O. The van der Waals surface area contributed by atoms with E-state index in [0.717, 1.165) is 30.5 Å². The van der Waals surface area contributed by atoms with Crippen LogP contribution in [0.2, 0.25) is 0 Å². The number of hydrogen-bond acceptors (Lipinski definition) is 4. The number of hydrogen-bond donors (Lipinski definition) is 3. The molecule has 1 aromatic rings. The number of carboxylic acids is 1.